The molecule has 1 aromatic heterocycles. The second kappa shape index (κ2) is 3.93. The van der Waals surface area contributed by atoms with E-state index in [1.807, 2.05) is 11.7 Å². The van der Waals surface area contributed by atoms with Gasteiger partial charge in [0.1, 0.15) is 12.2 Å². The Morgan fingerprint density at radius 3 is 2.73 bits per heavy atom. The highest BCUT2D eigenvalue weighted by Crippen LogP contribution is 2.51. The van der Waals surface area contributed by atoms with Gasteiger partial charge in [0.05, 0.1) is 6.54 Å². The SMILES string of the molecule is CC(C)C1(CNCc2ncnn2C)CC1. The van der Waals surface area contributed by atoms with E-state index >= 15 is 0 Å². The molecule has 1 aliphatic rings. The Hall–Kier alpha value is -0.900. The summed E-state index contributed by atoms with van der Waals surface area (Å²) in [5.74, 6) is 1.79. The summed E-state index contributed by atoms with van der Waals surface area (Å²) < 4.78 is 1.82. The Kier molecular flexibility index (Phi) is 2.78. The normalized spacial score (nSPS) is 18.4. The van der Waals surface area contributed by atoms with Gasteiger partial charge in [-0.3, -0.25) is 4.68 Å². The number of hydrogen-bond donors (Lipinski definition) is 1. The Bertz CT molecular complexity index is 325. The Morgan fingerprint density at radius 1 is 1.53 bits per heavy atom. The van der Waals surface area contributed by atoms with Gasteiger partial charge in [-0.05, 0) is 24.2 Å². The summed E-state index contributed by atoms with van der Waals surface area (Å²) >= 11 is 0. The second-order valence-corrected chi connectivity index (χ2v) is 4.92. The fraction of sp³-hybridized carbons (Fsp3) is 0.818. The van der Waals surface area contributed by atoms with Gasteiger partial charge in [-0.15, -0.1) is 0 Å². The summed E-state index contributed by atoms with van der Waals surface area (Å²) in [6.45, 7) is 6.57. The Balaban J connectivity index is 1.78. The van der Waals surface area contributed by atoms with Gasteiger partial charge in [0.25, 0.3) is 0 Å². The van der Waals surface area contributed by atoms with Gasteiger partial charge in [-0.2, -0.15) is 5.10 Å². The Morgan fingerprint density at radius 2 is 2.27 bits per heavy atom. The van der Waals surface area contributed by atoms with Crippen LogP contribution in [0.25, 0.3) is 0 Å². The summed E-state index contributed by atoms with van der Waals surface area (Å²) in [6, 6.07) is 0. The predicted molar refractivity (Wildman–Crippen MR) is 59.2 cm³/mol. The van der Waals surface area contributed by atoms with Gasteiger partial charge in [-0.25, -0.2) is 4.98 Å². The molecule has 1 aromatic rings. The van der Waals surface area contributed by atoms with E-state index < -0.39 is 0 Å². The van der Waals surface area contributed by atoms with E-state index in [-0.39, 0.29) is 0 Å². The van der Waals surface area contributed by atoms with Crippen LogP contribution in [-0.2, 0) is 13.6 Å². The van der Waals surface area contributed by atoms with Crippen LogP contribution in [0.3, 0.4) is 0 Å². The minimum Gasteiger partial charge on any atom is -0.309 e. The smallest absolute Gasteiger partial charge is 0.140 e. The Labute approximate surface area is 91.1 Å². The molecular formula is C11H20N4. The number of aromatic nitrogens is 3. The van der Waals surface area contributed by atoms with Crippen LogP contribution in [0.2, 0.25) is 0 Å². The summed E-state index contributed by atoms with van der Waals surface area (Å²) in [5.41, 5.74) is 0.568. The third kappa shape index (κ3) is 2.20. The molecule has 4 heteroatoms. The average Bonchev–Trinajstić information content (AvgIpc) is 2.87. The largest absolute Gasteiger partial charge is 0.309 e. The predicted octanol–water partition coefficient (Wildman–Crippen LogP) is 1.34. The maximum absolute atomic E-state index is 4.19. The van der Waals surface area contributed by atoms with Gasteiger partial charge in [0, 0.05) is 13.6 Å². The molecule has 84 valence electrons. The van der Waals surface area contributed by atoms with Crippen LogP contribution in [-0.4, -0.2) is 21.3 Å². The molecule has 15 heavy (non-hydrogen) atoms. The van der Waals surface area contributed by atoms with Crippen molar-refractivity contribution in [1.82, 2.24) is 20.1 Å². The quantitative estimate of drug-likeness (QED) is 0.794. The standard InChI is InChI=1S/C11H20N4/c1-9(2)11(4-5-11)7-12-6-10-13-8-14-15(10)3/h8-9,12H,4-7H2,1-3H3. The summed E-state index contributed by atoms with van der Waals surface area (Å²) in [5, 5.41) is 7.54. The van der Waals surface area contributed by atoms with Crippen LogP contribution in [0.1, 0.15) is 32.5 Å². The fourth-order valence-corrected chi connectivity index (χ4v) is 2.02. The van der Waals surface area contributed by atoms with E-state index in [0.29, 0.717) is 5.41 Å². The monoisotopic (exact) mass is 208 g/mol. The minimum atomic E-state index is 0.568. The van der Waals surface area contributed by atoms with Crippen LogP contribution in [0.5, 0.6) is 0 Å². The molecule has 0 saturated heterocycles. The number of nitrogens with one attached hydrogen (secondary N) is 1. The molecule has 1 saturated carbocycles. The van der Waals surface area contributed by atoms with E-state index in [1.54, 1.807) is 6.33 Å². The van der Waals surface area contributed by atoms with Gasteiger partial charge < -0.3 is 5.32 Å². The first-order valence-corrected chi connectivity index (χ1v) is 5.68. The zero-order chi connectivity index (χ0) is 10.9. The van der Waals surface area contributed by atoms with Crippen LogP contribution >= 0.6 is 0 Å². The first kappa shape index (κ1) is 10.6. The van der Waals surface area contributed by atoms with Gasteiger partial charge in [-0.1, -0.05) is 13.8 Å². The highest BCUT2D eigenvalue weighted by Gasteiger charge is 2.44. The highest BCUT2D eigenvalue weighted by molar-refractivity contribution is 4.97. The topological polar surface area (TPSA) is 42.7 Å². The second-order valence-electron chi connectivity index (χ2n) is 4.92. The van der Waals surface area contributed by atoms with Crippen molar-refractivity contribution < 1.29 is 0 Å². The van der Waals surface area contributed by atoms with Crippen LogP contribution in [0.4, 0.5) is 0 Å². The third-order valence-corrected chi connectivity index (χ3v) is 3.68. The molecule has 0 atom stereocenters. The molecule has 0 amide bonds. The van der Waals surface area contributed by atoms with E-state index in [0.717, 1.165) is 24.8 Å². The lowest BCUT2D eigenvalue weighted by Crippen LogP contribution is -2.28. The molecule has 0 radical (unpaired) electrons. The molecule has 1 N–H and O–H groups in total. The molecule has 0 aliphatic heterocycles. The first-order valence-electron chi connectivity index (χ1n) is 5.68. The highest BCUT2D eigenvalue weighted by atomic mass is 15.3. The minimum absolute atomic E-state index is 0.568. The van der Waals surface area contributed by atoms with E-state index in [9.17, 15) is 0 Å². The van der Waals surface area contributed by atoms with Crippen LogP contribution in [0.15, 0.2) is 6.33 Å². The van der Waals surface area contributed by atoms with E-state index in [1.165, 1.54) is 12.8 Å². The fourth-order valence-electron chi connectivity index (χ4n) is 2.02. The molecule has 0 spiro atoms. The molecule has 4 nitrogen and oxygen atoms in total. The molecular weight excluding hydrogens is 188 g/mol. The number of rotatable bonds is 5. The average molecular weight is 208 g/mol. The van der Waals surface area contributed by atoms with E-state index in [4.69, 9.17) is 0 Å². The van der Waals surface area contributed by atoms with E-state index in [2.05, 4.69) is 29.2 Å². The molecule has 2 rings (SSSR count). The van der Waals surface area contributed by atoms with Gasteiger partial charge in [0.15, 0.2) is 0 Å². The number of aryl methyl sites for hydroxylation is 1. The van der Waals surface area contributed by atoms with Crippen molar-refractivity contribution in [3.63, 3.8) is 0 Å². The van der Waals surface area contributed by atoms with Crippen molar-refractivity contribution in [3.8, 4) is 0 Å². The molecule has 0 unspecified atom stereocenters. The van der Waals surface area contributed by atoms with Crippen LogP contribution < -0.4 is 5.32 Å². The zero-order valence-electron chi connectivity index (χ0n) is 9.82. The third-order valence-electron chi connectivity index (χ3n) is 3.68. The first-order chi connectivity index (χ1) is 7.14. The van der Waals surface area contributed by atoms with Gasteiger partial charge >= 0.3 is 0 Å². The molecule has 0 aromatic carbocycles. The lowest BCUT2D eigenvalue weighted by molar-refractivity contribution is 0.335. The number of hydrogen-bond acceptors (Lipinski definition) is 3. The van der Waals surface area contributed by atoms with Crippen molar-refractivity contribution in [2.24, 2.45) is 18.4 Å². The molecule has 1 heterocycles. The molecule has 1 aliphatic carbocycles. The van der Waals surface area contributed by atoms with Crippen LogP contribution in [0, 0.1) is 11.3 Å². The zero-order valence-corrected chi connectivity index (χ0v) is 9.82. The maximum atomic E-state index is 4.19. The van der Waals surface area contributed by atoms with Crippen molar-refractivity contribution in [3.05, 3.63) is 12.2 Å². The summed E-state index contributed by atoms with van der Waals surface area (Å²) in [4.78, 5) is 4.19. The molecule has 0 bridgehead atoms. The van der Waals surface area contributed by atoms with Crippen molar-refractivity contribution >= 4 is 0 Å². The summed E-state index contributed by atoms with van der Waals surface area (Å²) in [7, 11) is 1.93. The van der Waals surface area contributed by atoms with Gasteiger partial charge in [0.2, 0.25) is 0 Å². The summed E-state index contributed by atoms with van der Waals surface area (Å²) in [6.07, 6.45) is 4.35. The van der Waals surface area contributed by atoms with Crippen molar-refractivity contribution in [1.29, 1.82) is 0 Å². The lowest BCUT2D eigenvalue weighted by atomic mass is 9.92. The maximum Gasteiger partial charge on any atom is 0.140 e. The number of nitrogens with zero attached hydrogens (tertiary/aromatic N) is 3. The molecule has 1 fully saturated rings. The van der Waals surface area contributed by atoms with Crippen molar-refractivity contribution in [2.75, 3.05) is 6.54 Å². The lowest BCUT2D eigenvalue weighted by Gasteiger charge is -2.19. The van der Waals surface area contributed by atoms with Crippen molar-refractivity contribution in [2.45, 2.75) is 33.2 Å².